The van der Waals surface area contributed by atoms with Crippen LogP contribution in [0.1, 0.15) is 21.5 Å². The Labute approximate surface area is 134 Å². The molecule has 1 aromatic carbocycles. The average Bonchev–Trinajstić information content (AvgIpc) is 3.01. The van der Waals surface area contributed by atoms with Crippen LogP contribution in [0.3, 0.4) is 0 Å². The number of hydrogen-bond donors (Lipinski definition) is 2. The maximum Gasteiger partial charge on any atom is 0.253 e. The van der Waals surface area contributed by atoms with Crippen molar-refractivity contribution in [2.75, 3.05) is 14.1 Å². The van der Waals surface area contributed by atoms with Gasteiger partial charge in [-0.3, -0.25) is 14.9 Å². The summed E-state index contributed by atoms with van der Waals surface area (Å²) in [5.74, 6) is -0.147. The minimum absolute atomic E-state index is 0.147. The number of hydrogen-bond acceptors (Lipinski definition) is 4. The summed E-state index contributed by atoms with van der Waals surface area (Å²) in [6.45, 7) is 1.39. The molecule has 0 aliphatic heterocycles. The minimum atomic E-state index is -0.147. The van der Waals surface area contributed by atoms with Crippen molar-refractivity contribution in [1.82, 2.24) is 25.4 Å². The highest BCUT2D eigenvalue weighted by Crippen LogP contribution is 2.10. The molecule has 0 atom stereocenters. The number of aromatic nitrogens is 3. The molecule has 2 aromatic heterocycles. The SMILES string of the molecule is CN(C)Cc1ccc(CNC(=O)c2cnc3cn[nH]c3c2)cc1. The summed E-state index contributed by atoms with van der Waals surface area (Å²) >= 11 is 0. The predicted octanol–water partition coefficient (Wildman–Crippen LogP) is 1.95. The zero-order valence-corrected chi connectivity index (χ0v) is 13.2. The summed E-state index contributed by atoms with van der Waals surface area (Å²) in [5.41, 5.74) is 4.34. The molecule has 0 unspecified atom stereocenters. The number of H-pyrrole nitrogens is 1. The molecule has 0 saturated heterocycles. The Morgan fingerprint density at radius 3 is 2.65 bits per heavy atom. The van der Waals surface area contributed by atoms with Gasteiger partial charge in [0.2, 0.25) is 0 Å². The van der Waals surface area contributed by atoms with Crippen molar-refractivity contribution in [3.05, 3.63) is 59.4 Å². The number of rotatable bonds is 5. The lowest BCUT2D eigenvalue weighted by atomic mass is 10.1. The zero-order chi connectivity index (χ0) is 16.2. The fourth-order valence-electron chi connectivity index (χ4n) is 2.37. The molecule has 0 spiro atoms. The molecule has 3 aromatic rings. The van der Waals surface area contributed by atoms with E-state index in [-0.39, 0.29) is 5.91 Å². The normalized spacial score (nSPS) is 11.1. The van der Waals surface area contributed by atoms with Crippen LogP contribution in [0.15, 0.2) is 42.7 Å². The van der Waals surface area contributed by atoms with Gasteiger partial charge in [0.05, 0.1) is 17.3 Å². The number of carbonyl (C=O) groups is 1. The third-order valence-corrected chi connectivity index (χ3v) is 3.53. The van der Waals surface area contributed by atoms with E-state index < -0.39 is 0 Å². The first-order chi connectivity index (χ1) is 11.1. The van der Waals surface area contributed by atoms with Gasteiger partial charge in [0.15, 0.2) is 0 Å². The van der Waals surface area contributed by atoms with Crippen LogP contribution in [-0.4, -0.2) is 40.1 Å². The summed E-state index contributed by atoms with van der Waals surface area (Å²) in [5, 5.41) is 9.62. The lowest BCUT2D eigenvalue weighted by molar-refractivity contribution is 0.0950. The Balaban J connectivity index is 1.61. The van der Waals surface area contributed by atoms with E-state index >= 15 is 0 Å². The first-order valence-corrected chi connectivity index (χ1v) is 7.42. The predicted molar refractivity (Wildman–Crippen MR) is 88.9 cm³/mol. The van der Waals surface area contributed by atoms with Crippen molar-refractivity contribution in [1.29, 1.82) is 0 Å². The molecule has 6 heteroatoms. The lowest BCUT2D eigenvalue weighted by Gasteiger charge is -2.10. The van der Waals surface area contributed by atoms with Gasteiger partial charge in [-0.25, -0.2) is 0 Å². The second-order valence-corrected chi connectivity index (χ2v) is 5.76. The van der Waals surface area contributed by atoms with Gasteiger partial charge >= 0.3 is 0 Å². The number of nitrogens with zero attached hydrogens (tertiary/aromatic N) is 3. The molecule has 6 nitrogen and oxygen atoms in total. The van der Waals surface area contributed by atoms with Crippen LogP contribution in [0.25, 0.3) is 11.0 Å². The van der Waals surface area contributed by atoms with E-state index in [1.165, 1.54) is 5.56 Å². The highest BCUT2D eigenvalue weighted by atomic mass is 16.1. The third-order valence-electron chi connectivity index (χ3n) is 3.53. The molecule has 23 heavy (non-hydrogen) atoms. The molecule has 2 heterocycles. The number of amides is 1. The second kappa shape index (κ2) is 6.58. The van der Waals surface area contributed by atoms with Crippen LogP contribution < -0.4 is 5.32 Å². The lowest BCUT2D eigenvalue weighted by Crippen LogP contribution is -2.23. The summed E-state index contributed by atoms with van der Waals surface area (Å²) in [6.07, 6.45) is 3.19. The molecular formula is C17H19N5O. The smallest absolute Gasteiger partial charge is 0.253 e. The van der Waals surface area contributed by atoms with Gasteiger partial charge in [-0.1, -0.05) is 24.3 Å². The van der Waals surface area contributed by atoms with E-state index in [0.717, 1.165) is 23.1 Å². The molecule has 0 saturated carbocycles. The zero-order valence-electron chi connectivity index (χ0n) is 13.2. The van der Waals surface area contributed by atoms with Crippen molar-refractivity contribution < 1.29 is 4.79 Å². The molecule has 1 amide bonds. The number of carbonyl (C=O) groups excluding carboxylic acids is 1. The van der Waals surface area contributed by atoms with E-state index in [4.69, 9.17) is 0 Å². The Bertz CT molecular complexity index is 807. The van der Waals surface area contributed by atoms with Crippen LogP contribution in [0, 0.1) is 0 Å². The molecule has 0 fully saturated rings. The average molecular weight is 309 g/mol. The van der Waals surface area contributed by atoms with Gasteiger partial charge < -0.3 is 10.2 Å². The van der Waals surface area contributed by atoms with Crippen LogP contribution in [0.2, 0.25) is 0 Å². The van der Waals surface area contributed by atoms with Crippen LogP contribution >= 0.6 is 0 Å². The van der Waals surface area contributed by atoms with Crippen molar-refractivity contribution in [2.45, 2.75) is 13.1 Å². The summed E-state index contributed by atoms with van der Waals surface area (Å²) < 4.78 is 0. The first kappa shape index (κ1) is 15.2. The number of aromatic amines is 1. The van der Waals surface area contributed by atoms with E-state index in [1.54, 1.807) is 18.5 Å². The topological polar surface area (TPSA) is 73.9 Å². The molecule has 2 N–H and O–H groups in total. The Kier molecular flexibility index (Phi) is 4.34. The van der Waals surface area contributed by atoms with Crippen LogP contribution in [-0.2, 0) is 13.1 Å². The number of fused-ring (bicyclic) bond motifs is 1. The molecule has 0 bridgehead atoms. The van der Waals surface area contributed by atoms with E-state index in [2.05, 4.69) is 37.5 Å². The van der Waals surface area contributed by atoms with Gasteiger partial charge in [-0.15, -0.1) is 0 Å². The monoisotopic (exact) mass is 309 g/mol. The van der Waals surface area contributed by atoms with Gasteiger partial charge in [-0.05, 0) is 31.3 Å². The molecule has 0 aliphatic carbocycles. The van der Waals surface area contributed by atoms with E-state index in [0.29, 0.717) is 12.1 Å². The number of pyridine rings is 1. The van der Waals surface area contributed by atoms with E-state index in [1.807, 2.05) is 26.2 Å². The highest BCUT2D eigenvalue weighted by Gasteiger charge is 2.08. The summed E-state index contributed by atoms with van der Waals surface area (Å²) in [4.78, 5) is 18.5. The molecular weight excluding hydrogens is 290 g/mol. The van der Waals surface area contributed by atoms with Gasteiger partial charge in [-0.2, -0.15) is 5.10 Å². The fraction of sp³-hybridized carbons (Fsp3) is 0.235. The quantitative estimate of drug-likeness (QED) is 0.755. The standard InChI is InChI=1S/C17H19N5O/c1-22(2)11-13-5-3-12(4-6-13)8-19-17(23)14-7-15-16(18-9-14)10-20-21-15/h3-7,9-10H,8,11H2,1-2H3,(H,19,23)(H,20,21). The highest BCUT2D eigenvalue weighted by molar-refractivity contribution is 5.96. The maximum atomic E-state index is 12.2. The van der Waals surface area contributed by atoms with Crippen LogP contribution in [0.5, 0.6) is 0 Å². The first-order valence-electron chi connectivity index (χ1n) is 7.42. The fourth-order valence-corrected chi connectivity index (χ4v) is 2.37. The Morgan fingerprint density at radius 1 is 1.17 bits per heavy atom. The maximum absolute atomic E-state index is 12.2. The van der Waals surface area contributed by atoms with E-state index in [9.17, 15) is 4.79 Å². The van der Waals surface area contributed by atoms with Crippen LogP contribution in [0.4, 0.5) is 0 Å². The Hall–Kier alpha value is -2.73. The van der Waals surface area contributed by atoms with Crippen molar-refractivity contribution >= 4 is 16.9 Å². The van der Waals surface area contributed by atoms with Gasteiger partial charge in [0, 0.05) is 19.3 Å². The molecule has 0 aliphatic rings. The molecule has 118 valence electrons. The molecule has 3 rings (SSSR count). The van der Waals surface area contributed by atoms with Crippen molar-refractivity contribution in [2.24, 2.45) is 0 Å². The third kappa shape index (κ3) is 3.73. The van der Waals surface area contributed by atoms with Gasteiger partial charge in [0.25, 0.3) is 5.91 Å². The molecule has 0 radical (unpaired) electrons. The van der Waals surface area contributed by atoms with Crippen molar-refractivity contribution in [3.8, 4) is 0 Å². The minimum Gasteiger partial charge on any atom is -0.348 e. The summed E-state index contributed by atoms with van der Waals surface area (Å²) in [7, 11) is 4.08. The largest absolute Gasteiger partial charge is 0.348 e. The number of nitrogens with one attached hydrogen (secondary N) is 2. The van der Waals surface area contributed by atoms with Gasteiger partial charge in [0.1, 0.15) is 5.52 Å². The number of benzene rings is 1. The van der Waals surface area contributed by atoms with Crippen molar-refractivity contribution in [3.63, 3.8) is 0 Å². The Morgan fingerprint density at radius 2 is 1.91 bits per heavy atom. The second-order valence-electron chi connectivity index (χ2n) is 5.76. The summed E-state index contributed by atoms with van der Waals surface area (Å²) in [6, 6.07) is 10.00.